The predicted octanol–water partition coefficient (Wildman–Crippen LogP) is 2.44. The third-order valence-electron chi connectivity index (χ3n) is 2.85. The minimum atomic E-state index is -3.41. The first kappa shape index (κ1) is 15.0. The molecular weight excluding hydrogens is 248 g/mol. The maximum absolute atomic E-state index is 12.0. The lowest BCUT2D eigenvalue weighted by Crippen LogP contribution is -2.24. The largest absolute Gasteiger partial charge is 0.384 e. The summed E-state index contributed by atoms with van der Waals surface area (Å²) in [7, 11) is -3.41. The zero-order valence-corrected chi connectivity index (χ0v) is 12.0. The van der Waals surface area contributed by atoms with Crippen LogP contribution in [0.15, 0.2) is 29.2 Å². The Balaban J connectivity index is 2.93. The van der Waals surface area contributed by atoms with E-state index in [1.165, 1.54) is 0 Å². The van der Waals surface area contributed by atoms with Gasteiger partial charge in [0.1, 0.15) is 4.90 Å². The van der Waals surface area contributed by atoms with E-state index >= 15 is 0 Å². The van der Waals surface area contributed by atoms with Crippen LogP contribution < -0.4 is 10.0 Å². The van der Waals surface area contributed by atoms with E-state index in [1.54, 1.807) is 25.1 Å². The Morgan fingerprint density at radius 1 is 1.22 bits per heavy atom. The highest BCUT2D eigenvalue weighted by Crippen LogP contribution is 2.21. The summed E-state index contributed by atoms with van der Waals surface area (Å²) in [6, 6.07) is 6.99. The van der Waals surface area contributed by atoms with Crippen molar-refractivity contribution in [3.05, 3.63) is 24.3 Å². The molecule has 0 bridgehead atoms. The highest BCUT2D eigenvalue weighted by molar-refractivity contribution is 7.89. The lowest BCUT2D eigenvalue weighted by molar-refractivity contribution is 0.581. The SMILES string of the molecule is CCNS(=O)(=O)c1ccccc1NCC(C)CC. The Kier molecular flexibility index (Phi) is 5.62. The average molecular weight is 270 g/mol. The second-order valence-electron chi connectivity index (χ2n) is 4.39. The maximum atomic E-state index is 12.0. The summed E-state index contributed by atoms with van der Waals surface area (Å²) >= 11 is 0. The van der Waals surface area contributed by atoms with Crippen LogP contribution in [0.2, 0.25) is 0 Å². The molecule has 0 aliphatic heterocycles. The van der Waals surface area contributed by atoms with E-state index in [9.17, 15) is 8.42 Å². The van der Waals surface area contributed by atoms with Crippen LogP contribution in [0.5, 0.6) is 0 Å². The summed E-state index contributed by atoms with van der Waals surface area (Å²) in [4.78, 5) is 0.315. The van der Waals surface area contributed by atoms with Crippen LogP contribution in [-0.2, 0) is 10.0 Å². The van der Waals surface area contributed by atoms with Gasteiger partial charge in [0.2, 0.25) is 10.0 Å². The second-order valence-corrected chi connectivity index (χ2v) is 6.13. The van der Waals surface area contributed by atoms with Crippen LogP contribution in [0.3, 0.4) is 0 Å². The molecule has 0 radical (unpaired) electrons. The molecule has 0 amide bonds. The van der Waals surface area contributed by atoms with Crippen molar-refractivity contribution in [1.82, 2.24) is 4.72 Å². The molecule has 0 saturated carbocycles. The number of nitrogens with one attached hydrogen (secondary N) is 2. The standard InChI is InChI=1S/C13H22N2O2S/c1-4-11(3)10-14-12-8-6-7-9-13(12)18(16,17)15-5-2/h6-9,11,14-15H,4-5,10H2,1-3H3. The van der Waals surface area contributed by atoms with Crippen LogP contribution in [-0.4, -0.2) is 21.5 Å². The van der Waals surface area contributed by atoms with E-state index in [-0.39, 0.29) is 0 Å². The van der Waals surface area contributed by atoms with E-state index in [4.69, 9.17) is 0 Å². The van der Waals surface area contributed by atoms with E-state index in [2.05, 4.69) is 23.9 Å². The average Bonchev–Trinajstić information content (AvgIpc) is 2.36. The summed E-state index contributed by atoms with van der Waals surface area (Å²) < 4.78 is 26.5. The number of para-hydroxylation sites is 1. The fourth-order valence-electron chi connectivity index (χ4n) is 1.54. The molecule has 102 valence electrons. The zero-order valence-electron chi connectivity index (χ0n) is 11.2. The number of hydrogen-bond acceptors (Lipinski definition) is 3. The molecule has 1 aromatic carbocycles. The highest BCUT2D eigenvalue weighted by atomic mass is 32.2. The molecule has 0 aliphatic carbocycles. The third-order valence-corrected chi connectivity index (χ3v) is 4.45. The smallest absolute Gasteiger partial charge is 0.242 e. The summed E-state index contributed by atoms with van der Waals surface area (Å²) in [5.74, 6) is 0.514. The molecule has 0 saturated heterocycles. The van der Waals surface area contributed by atoms with Crippen LogP contribution in [0.1, 0.15) is 27.2 Å². The Labute approximate surface area is 110 Å². The highest BCUT2D eigenvalue weighted by Gasteiger charge is 2.16. The number of sulfonamides is 1. The summed E-state index contributed by atoms with van der Waals surface area (Å²) in [5.41, 5.74) is 0.666. The number of rotatable bonds is 7. The van der Waals surface area contributed by atoms with Gasteiger partial charge in [0.05, 0.1) is 5.69 Å². The zero-order chi connectivity index (χ0) is 13.6. The van der Waals surface area contributed by atoms with Crippen LogP contribution in [0, 0.1) is 5.92 Å². The normalized spacial score (nSPS) is 13.3. The molecule has 18 heavy (non-hydrogen) atoms. The van der Waals surface area contributed by atoms with Crippen LogP contribution >= 0.6 is 0 Å². The van der Waals surface area contributed by atoms with Crippen molar-refractivity contribution in [1.29, 1.82) is 0 Å². The Morgan fingerprint density at radius 3 is 2.50 bits per heavy atom. The lowest BCUT2D eigenvalue weighted by Gasteiger charge is -2.15. The van der Waals surface area contributed by atoms with E-state index < -0.39 is 10.0 Å². The number of anilines is 1. The first-order chi connectivity index (χ1) is 8.51. The minimum absolute atomic E-state index is 0.315. The van der Waals surface area contributed by atoms with Gasteiger partial charge in [0.25, 0.3) is 0 Å². The maximum Gasteiger partial charge on any atom is 0.242 e. The van der Waals surface area contributed by atoms with Gasteiger partial charge < -0.3 is 5.32 Å². The van der Waals surface area contributed by atoms with Crippen molar-refractivity contribution in [2.24, 2.45) is 5.92 Å². The fourth-order valence-corrected chi connectivity index (χ4v) is 2.77. The third kappa shape index (κ3) is 3.99. The minimum Gasteiger partial charge on any atom is -0.384 e. The van der Waals surface area contributed by atoms with Crippen LogP contribution in [0.4, 0.5) is 5.69 Å². The van der Waals surface area contributed by atoms with E-state index in [1.807, 2.05) is 6.07 Å². The molecular formula is C13H22N2O2S. The molecule has 5 heteroatoms. The van der Waals surface area contributed by atoms with E-state index in [0.717, 1.165) is 13.0 Å². The van der Waals surface area contributed by atoms with Crippen molar-refractivity contribution in [2.45, 2.75) is 32.1 Å². The monoisotopic (exact) mass is 270 g/mol. The van der Waals surface area contributed by atoms with Gasteiger partial charge in [-0.1, -0.05) is 39.3 Å². The first-order valence-corrected chi connectivity index (χ1v) is 7.82. The molecule has 1 unspecified atom stereocenters. The Bertz CT molecular complexity index is 472. The topological polar surface area (TPSA) is 58.2 Å². The Morgan fingerprint density at radius 2 is 1.89 bits per heavy atom. The molecule has 1 atom stereocenters. The molecule has 4 nitrogen and oxygen atoms in total. The van der Waals surface area contributed by atoms with Gasteiger partial charge >= 0.3 is 0 Å². The van der Waals surface area contributed by atoms with Gasteiger partial charge in [-0.2, -0.15) is 0 Å². The van der Waals surface area contributed by atoms with Gasteiger partial charge in [0, 0.05) is 13.1 Å². The summed E-state index contributed by atoms with van der Waals surface area (Å²) in [5, 5.41) is 3.21. The number of benzene rings is 1. The molecule has 0 fully saturated rings. The quantitative estimate of drug-likeness (QED) is 0.800. The van der Waals surface area contributed by atoms with Crippen molar-refractivity contribution in [2.75, 3.05) is 18.4 Å². The predicted molar refractivity (Wildman–Crippen MR) is 75.2 cm³/mol. The van der Waals surface area contributed by atoms with Gasteiger partial charge in [0.15, 0.2) is 0 Å². The van der Waals surface area contributed by atoms with Gasteiger partial charge in [-0.05, 0) is 18.1 Å². The van der Waals surface area contributed by atoms with Gasteiger partial charge in [-0.25, -0.2) is 13.1 Å². The van der Waals surface area contributed by atoms with Gasteiger partial charge in [-0.3, -0.25) is 0 Å². The summed E-state index contributed by atoms with van der Waals surface area (Å²) in [6.07, 6.45) is 1.06. The fraction of sp³-hybridized carbons (Fsp3) is 0.538. The van der Waals surface area contributed by atoms with Gasteiger partial charge in [-0.15, -0.1) is 0 Å². The van der Waals surface area contributed by atoms with Crippen molar-refractivity contribution in [3.63, 3.8) is 0 Å². The first-order valence-electron chi connectivity index (χ1n) is 6.33. The molecule has 0 heterocycles. The molecule has 1 rings (SSSR count). The molecule has 1 aromatic rings. The lowest BCUT2D eigenvalue weighted by atomic mass is 10.1. The molecule has 0 aromatic heterocycles. The molecule has 2 N–H and O–H groups in total. The van der Waals surface area contributed by atoms with Crippen molar-refractivity contribution < 1.29 is 8.42 Å². The van der Waals surface area contributed by atoms with Crippen molar-refractivity contribution in [3.8, 4) is 0 Å². The molecule has 0 aliphatic rings. The second kappa shape index (κ2) is 6.75. The molecule has 0 spiro atoms. The van der Waals surface area contributed by atoms with Crippen LogP contribution in [0.25, 0.3) is 0 Å². The number of hydrogen-bond donors (Lipinski definition) is 2. The Hall–Kier alpha value is -1.07. The summed E-state index contributed by atoms with van der Waals surface area (Å²) in [6.45, 7) is 7.19. The van der Waals surface area contributed by atoms with E-state index in [0.29, 0.717) is 23.0 Å². The van der Waals surface area contributed by atoms with Crippen molar-refractivity contribution >= 4 is 15.7 Å².